The monoisotopic (exact) mass is 409 g/mol. The van der Waals surface area contributed by atoms with E-state index in [2.05, 4.69) is 26.0 Å². The number of nitrogens with one attached hydrogen (secondary N) is 2. The predicted octanol–water partition coefficient (Wildman–Crippen LogP) is 3.09. The lowest BCUT2D eigenvalue weighted by Crippen LogP contribution is -2.39. The summed E-state index contributed by atoms with van der Waals surface area (Å²) in [6, 6.07) is 0.356. The number of amides is 1. The zero-order valence-corrected chi connectivity index (χ0v) is 18.5. The highest BCUT2D eigenvalue weighted by Crippen LogP contribution is 2.21. The third-order valence-electron chi connectivity index (χ3n) is 4.94. The van der Waals surface area contributed by atoms with Crippen molar-refractivity contribution in [3.05, 3.63) is 16.1 Å². The molecule has 158 valence electrons. The van der Waals surface area contributed by atoms with Crippen LogP contribution < -0.4 is 10.6 Å². The molecule has 0 spiro atoms. The van der Waals surface area contributed by atoms with Gasteiger partial charge < -0.3 is 20.3 Å². The number of hydrogen-bond acceptors (Lipinski definition) is 5. The van der Waals surface area contributed by atoms with Crippen molar-refractivity contribution in [3.63, 3.8) is 0 Å². The van der Waals surface area contributed by atoms with Gasteiger partial charge in [0.1, 0.15) is 11.1 Å². The molecule has 7 nitrogen and oxygen atoms in total. The van der Waals surface area contributed by atoms with E-state index in [-0.39, 0.29) is 12.0 Å². The van der Waals surface area contributed by atoms with Crippen molar-refractivity contribution in [2.24, 2.45) is 4.99 Å². The van der Waals surface area contributed by atoms with Gasteiger partial charge in [0.05, 0.1) is 18.8 Å². The standard InChI is InChI=1S/C20H35N5O2S/c1-5-21-20(22-12-11-18(26)23-16-9-7-6-8-10-16)25(3)13-17-14-28-19(24-17)15(2)27-4/h14-16H,5-13H2,1-4H3,(H,21,22)(H,23,26). The molecule has 1 amide bonds. The van der Waals surface area contributed by atoms with Crippen molar-refractivity contribution in [2.75, 3.05) is 27.2 Å². The predicted molar refractivity (Wildman–Crippen MR) is 115 cm³/mol. The van der Waals surface area contributed by atoms with Crippen LogP contribution in [0.1, 0.15) is 69.2 Å². The Kier molecular flexibility index (Phi) is 9.70. The van der Waals surface area contributed by atoms with Crippen molar-refractivity contribution in [2.45, 2.75) is 71.1 Å². The van der Waals surface area contributed by atoms with Gasteiger partial charge in [-0.3, -0.25) is 9.79 Å². The Balaban J connectivity index is 1.84. The molecule has 1 aromatic heterocycles. The summed E-state index contributed by atoms with van der Waals surface area (Å²) in [5.74, 6) is 0.897. The maximum Gasteiger partial charge on any atom is 0.222 e. The van der Waals surface area contributed by atoms with Gasteiger partial charge in [0.2, 0.25) is 5.91 Å². The van der Waals surface area contributed by atoms with Crippen LogP contribution in [0, 0.1) is 0 Å². The fraction of sp³-hybridized carbons (Fsp3) is 0.750. The van der Waals surface area contributed by atoms with E-state index in [0.29, 0.717) is 25.6 Å². The molecule has 8 heteroatoms. The van der Waals surface area contributed by atoms with Crippen LogP contribution in [0.2, 0.25) is 0 Å². The van der Waals surface area contributed by atoms with Gasteiger partial charge in [0.25, 0.3) is 0 Å². The van der Waals surface area contributed by atoms with Crippen molar-refractivity contribution in [1.29, 1.82) is 0 Å². The number of aromatic nitrogens is 1. The van der Waals surface area contributed by atoms with E-state index < -0.39 is 0 Å². The second kappa shape index (κ2) is 12.0. The first-order valence-electron chi connectivity index (χ1n) is 10.3. The Morgan fingerprint density at radius 2 is 2.18 bits per heavy atom. The normalized spacial score (nSPS) is 16.6. The molecular formula is C20H35N5O2S. The van der Waals surface area contributed by atoms with Gasteiger partial charge in [-0.2, -0.15) is 0 Å². The summed E-state index contributed by atoms with van der Waals surface area (Å²) in [6.07, 6.45) is 6.38. The minimum absolute atomic E-state index is 0.00800. The lowest BCUT2D eigenvalue weighted by Gasteiger charge is -2.23. The molecule has 2 rings (SSSR count). The zero-order valence-electron chi connectivity index (χ0n) is 17.7. The molecule has 1 unspecified atom stereocenters. The van der Waals surface area contributed by atoms with Crippen LogP contribution in [0.5, 0.6) is 0 Å². The minimum Gasteiger partial charge on any atom is -0.375 e. The summed E-state index contributed by atoms with van der Waals surface area (Å²) in [6.45, 7) is 5.96. The molecule has 1 saturated carbocycles. The number of thiazole rings is 1. The van der Waals surface area contributed by atoms with Gasteiger partial charge >= 0.3 is 0 Å². The van der Waals surface area contributed by atoms with Crippen LogP contribution >= 0.6 is 11.3 Å². The van der Waals surface area contributed by atoms with Crippen LogP contribution in [-0.4, -0.2) is 55.0 Å². The summed E-state index contributed by atoms with van der Waals surface area (Å²) in [5.41, 5.74) is 0.993. The van der Waals surface area contributed by atoms with E-state index in [1.54, 1.807) is 18.4 Å². The van der Waals surface area contributed by atoms with Crippen LogP contribution in [0.4, 0.5) is 0 Å². The lowest BCUT2D eigenvalue weighted by molar-refractivity contribution is -0.121. The van der Waals surface area contributed by atoms with E-state index in [1.807, 2.05) is 25.8 Å². The van der Waals surface area contributed by atoms with Gasteiger partial charge in [-0.25, -0.2) is 4.98 Å². The number of ether oxygens (including phenoxy) is 1. The molecule has 28 heavy (non-hydrogen) atoms. The summed E-state index contributed by atoms with van der Waals surface area (Å²) < 4.78 is 5.33. The highest BCUT2D eigenvalue weighted by Gasteiger charge is 2.16. The van der Waals surface area contributed by atoms with E-state index in [0.717, 1.165) is 36.0 Å². The molecular weight excluding hydrogens is 374 g/mol. The Bertz CT molecular complexity index is 628. The molecule has 1 atom stereocenters. The summed E-state index contributed by atoms with van der Waals surface area (Å²) >= 11 is 1.61. The first-order chi connectivity index (χ1) is 13.5. The zero-order chi connectivity index (χ0) is 20.4. The number of rotatable bonds is 9. The SMILES string of the molecule is CCNC(=NCCC(=O)NC1CCCCC1)N(C)Cc1csc(C(C)OC)n1. The van der Waals surface area contributed by atoms with Crippen LogP contribution in [-0.2, 0) is 16.1 Å². The van der Waals surface area contributed by atoms with E-state index in [4.69, 9.17) is 4.74 Å². The van der Waals surface area contributed by atoms with E-state index in [9.17, 15) is 4.79 Å². The molecule has 0 aliphatic heterocycles. The van der Waals surface area contributed by atoms with E-state index in [1.165, 1.54) is 19.3 Å². The van der Waals surface area contributed by atoms with Gasteiger partial charge in [0, 0.05) is 38.5 Å². The van der Waals surface area contributed by atoms with Crippen LogP contribution in [0.25, 0.3) is 0 Å². The molecule has 1 fully saturated rings. The largest absolute Gasteiger partial charge is 0.375 e. The minimum atomic E-state index is 0.00800. The molecule has 0 radical (unpaired) electrons. The van der Waals surface area contributed by atoms with Crippen LogP contribution in [0.3, 0.4) is 0 Å². The third kappa shape index (κ3) is 7.39. The van der Waals surface area contributed by atoms with Gasteiger partial charge in [-0.15, -0.1) is 11.3 Å². The van der Waals surface area contributed by atoms with Gasteiger partial charge in [-0.05, 0) is 26.7 Å². The average molecular weight is 410 g/mol. The molecule has 0 bridgehead atoms. The maximum absolute atomic E-state index is 12.2. The second-order valence-corrected chi connectivity index (χ2v) is 8.19. The summed E-state index contributed by atoms with van der Waals surface area (Å²) in [4.78, 5) is 23.5. The highest BCUT2D eigenvalue weighted by molar-refractivity contribution is 7.09. The van der Waals surface area contributed by atoms with Gasteiger partial charge in [-0.1, -0.05) is 19.3 Å². The first-order valence-corrected chi connectivity index (χ1v) is 11.2. The number of hydrogen-bond donors (Lipinski definition) is 2. The molecule has 0 aromatic carbocycles. The number of methoxy groups -OCH3 is 1. The summed E-state index contributed by atoms with van der Waals surface area (Å²) in [5, 5.41) is 9.48. The highest BCUT2D eigenvalue weighted by atomic mass is 32.1. The lowest BCUT2D eigenvalue weighted by atomic mass is 9.95. The molecule has 2 N–H and O–H groups in total. The number of guanidine groups is 1. The van der Waals surface area contributed by atoms with Gasteiger partial charge in [0.15, 0.2) is 5.96 Å². The second-order valence-electron chi connectivity index (χ2n) is 7.30. The Labute approximate surface area is 173 Å². The first kappa shape index (κ1) is 22.6. The molecule has 1 aliphatic rings. The smallest absolute Gasteiger partial charge is 0.222 e. The number of aliphatic imine (C=N–C) groups is 1. The fourth-order valence-corrected chi connectivity index (χ4v) is 4.12. The average Bonchev–Trinajstić information content (AvgIpc) is 3.16. The van der Waals surface area contributed by atoms with E-state index >= 15 is 0 Å². The Hall–Kier alpha value is -1.67. The molecule has 1 aliphatic carbocycles. The quantitative estimate of drug-likeness (QED) is 0.484. The van der Waals surface area contributed by atoms with Crippen molar-refractivity contribution < 1.29 is 9.53 Å². The Morgan fingerprint density at radius 1 is 1.43 bits per heavy atom. The van der Waals surface area contributed by atoms with Crippen molar-refractivity contribution in [3.8, 4) is 0 Å². The number of carbonyl (C=O) groups is 1. The maximum atomic E-state index is 12.2. The topological polar surface area (TPSA) is 78.9 Å². The summed E-state index contributed by atoms with van der Waals surface area (Å²) in [7, 11) is 3.68. The number of carbonyl (C=O) groups excluding carboxylic acids is 1. The van der Waals surface area contributed by atoms with Crippen molar-refractivity contribution in [1.82, 2.24) is 20.5 Å². The number of nitrogens with zero attached hydrogens (tertiary/aromatic N) is 3. The molecule has 1 aromatic rings. The Morgan fingerprint density at radius 3 is 2.86 bits per heavy atom. The van der Waals surface area contributed by atoms with Crippen molar-refractivity contribution >= 4 is 23.2 Å². The molecule has 1 heterocycles. The fourth-order valence-electron chi connectivity index (χ4n) is 3.28. The third-order valence-corrected chi connectivity index (χ3v) is 5.99. The van der Waals surface area contributed by atoms with Crippen LogP contribution in [0.15, 0.2) is 10.4 Å². The molecule has 0 saturated heterocycles.